The highest BCUT2D eigenvalue weighted by atomic mass is 19.1. The molecule has 3 rings (SSSR count). The molecule has 2 aromatic carbocycles. The Morgan fingerprint density at radius 3 is 2.42 bits per heavy atom. The van der Waals surface area contributed by atoms with Crippen molar-refractivity contribution in [3.63, 3.8) is 0 Å². The molecule has 0 unspecified atom stereocenters. The molecule has 0 saturated carbocycles. The van der Waals surface area contributed by atoms with Gasteiger partial charge in [0.25, 0.3) is 0 Å². The summed E-state index contributed by atoms with van der Waals surface area (Å²) in [6.45, 7) is 4.71. The van der Waals surface area contributed by atoms with Crippen molar-refractivity contribution < 1.29 is 14.0 Å². The quantitative estimate of drug-likeness (QED) is 0.858. The first-order chi connectivity index (χ1) is 12.4. The molecule has 2 aromatic rings. The summed E-state index contributed by atoms with van der Waals surface area (Å²) in [6, 6.07) is 14.0. The van der Waals surface area contributed by atoms with E-state index in [0.717, 1.165) is 17.5 Å². The average molecular weight is 354 g/mol. The van der Waals surface area contributed by atoms with E-state index in [4.69, 9.17) is 0 Å². The molecule has 1 aliphatic rings. The lowest BCUT2D eigenvalue weighted by molar-refractivity contribution is -0.149. The topological polar surface area (TPSA) is 49.4 Å². The molecule has 4 nitrogen and oxygen atoms in total. The first-order valence-electron chi connectivity index (χ1n) is 8.77. The van der Waals surface area contributed by atoms with Crippen molar-refractivity contribution in [3.05, 3.63) is 71.0 Å². The molecule has 5 heteroatoms. The van der Waals surface area contributed by atoms with Crippen LogP contribution < -0.4 is 5.32 Å². The number of carbonyl (C=O) groups is 2. The van der Waals surface area contributed by atoms with Crippen LogP contribution in [0.3, 0.4) is 0 Å². The van der Waals surface area contributed by atoms with Gasteiger partial charge in [0.1, 0.15) is 11.2 Å². The third-order valence-electron chi connectivity index (χ3n) is 4.89. The van der Waals surface area contributed by atoms with E-state index in [9.17, 15) is 14.0 Å². The lowest BCUT2D eigenvalue weighted by atomic mass is 9.88. The van der Waals surface area contributed by atoms with E-state index in [0.29, 0.717) is 13.1 Å². The number of fused-ring (bicyclic) bond motifs is 1. The maximum absolute atomic E-state index is 13.0. The average Bonchev–Trinajstić information content (AvgIpc) is 2.66. The molecule has 2 amide bonds. The molecule has 0 saturated heterocycles. The minimum Gasteiger partial charge on any atom is -0.351 e. The predicted octanol–water partition coefficient (Wildman–Crippen LogP) is 3.05. The second-order valence-corrected chi connectivity index (χ2v) is 7.18. The van der Waals surface area contributed by atoms with Crippen LogP contribution in [0.25, 0.3) is 0 Å². The fraction of sp³-hybridized carbons (Fsp3) is 0.333. The Labute approximate surface area is 153 Å². The molecule has 136 valence electrons. The van der Waals surface area contributed by atoms with Crippen LogP contribution in [-0.4, -0.2) is 23.3 Å². The van der Waals surface area contributed by atoms with E-state index < -0.39 is 5.41 Å². The molecule has 0 aliphatic carbocycles. The van der Waals surface area contributed by atoms with E-state index >= 15 is 0 Å². The molecule has 0 radical (unpaired) electrons. The Hall–Kier alpha value is -2.69. The molecular weight excluding hydrogens is 331 g/mol. The third-order valence-corrected chi connectivity index (χ3v) is 4.89. The van der Waals surface area contributed by atoms with Gasteiger partial charge in [0.2, 0.25) is 11.8 Å². The monoisotopic (exact) mass is 354 g/mol. The second kappa shape index (κ2) is 7.28. The van der Waals surface area contributed by atoms with Gasteiger partial charge >= 0.3 is 0 Å². The van der Waals surface area contributed by atoms with Gasteiger partial charge in [0.05, 0.1) is 0 Å². The first kappa shape index (κ1) is 18.1. The van der Waals surface area contributed by atoms with Crippen molar-refractivity contribution in [1.82, 2.24) is 10.2 Å². The number of nitrogens with one attached hydrogen (secondary N) is 1. The molecule has 0 bridgehead atoms. The van der Waals surface area contributed by atoms with Gasteiger partial charge in [-0.2, -0.15) is 0 Å². The molecular formula is C21H23FN2O2. The Morgan fingerprint density at radius 2 is 1.73 bits per heavy atom. The van der Waals surface area contributed by atoms with Gasteiger partial charge in [0, 0.05) is 19.6 Å². The van der Waals surface area contributed by atoms with Crippen molar-refractivity contribution in [2.45, 2.75) is 33.4 Å². The van der Waals surface area contributed by atoms with Crippen LogP contribution in [0.5, 0.6) is 0 Å². The molecule has 1 heterocycles. The highest BCUT2D eigenvalue weighted by Gasteiger charge is 2.39. The van der Waals surface area contributed by atoms with E-state index in [1.807, 2.05) is 18.2 Å². The summed E-state index contributed by atoms with van der Waals surface area (Å²) < 4.78 is 13.0. The highest BCUT2D eigenvalue weighted by Crippen LogP contribution is 2.25. The van der Waals surface area contributed by atoms with E-state index in [2.05, 4.69) is 11.4 Å². The Balaban J connectivity index is 1.64. The molecule has 0 spiro atoms. The zero-order valence-electron chi connectivity index (χ0n) is 15.1. The molecule has 0 atom stereocenters. The fourth-order valence-electron chi connectivity index (χ4n) is 3.17. The van der Waals surface area contributed by atoms with Crippen molar-refractivity contribution >= 4 is 11.8 Å². The van der Waals surface area contributed by atoms with E-state index in [-0.39, 0.29) is 24.2 Å². The van der Waals surface area contributed by atoms with Crippen LogP contribution in [0.4, 0.5) is 4.39 Å². The predicted molar refractivity (Wildman–Crippen MR) is 97.6 cm³/mol. The lowest BCUT2D eigenvalue weighted by Crippen LogP contribution is -2.50. The van der Waals surface area contributed by atoms with Gasteiger partial charge in [-0.15, -0.1) is 0 Å². The summed E-state index contributed by atoms with van der Waals surface area (Å²) in [5, 5.41) is 2.79. The van der Waals surface area contributed by atoms with Crippen molar-refractivity contribution in [1.29, 1.82) is 0 Å². The lowest BCUT2D eigenvalue weighted by Gasteiger charge is -2.34. The third kappa shape index (κ3) is 3.77. The molecule has 26 heavy (non-hydrogen) atoms. The van der Waals surface area contributed by atoms with Gasteiger partial charge in [-0.3, -0.25) is 9.59 Å². The van der Waals surface area contributed by atoms with Crippen LogP contribution in [0.15, 0.2) is 48.5 Å². The second-order valence-electron chi connectivity index (χ2n) is 7.18. The van der Waals surface area contributed by atoms with Crippen molar-refractivity contribution in [3.8, 4) is 0 Å². The molecule has 1 aliphatic heterocycles. The number of halogens is 1. The maximum Gasteiger partial charge on any atom is 0.238 e. The number of hydrogen-bond acceptors (Lipinski definition) is 2. The standard InChI is InChI=1S/C21H23FN2O2/c1-21(2,19(25)23-13-15-7-9-18(22)10-8-15)20(26)24-12-11-16-5-3-4-6-17(16)14-24/h3-10H,11-14H2,1-2H3,(H,23,25). The van der Waals surface area contributed by atoms with Gasteiger partial charge in [-0.05, 0) is 49.1 Å². The number of carbonyl (C=O) groups excluding carboxylic acids is 2. The van der Waals surface area contributed by atoms with Crippen LogP contribution >= 0.6 is 0 Å². The molecule has 0 aromatic heterocycles. The Morgan fingerprint density at radius 1 is 1.08 bits per heavy atom. The van der Waals surface area contributed by atoms with Crippen molar-refractivity contribution in [2.24, 2.45) is 5.41 Å². The summed E-state index contributed by atoms with van der Waals surface area (Å²) in [6.07, 6.45) is 0.801. The Kier molecular flexibility index (Phi) is 5.07. The van der Waals surface area contributed by atoms with Gasteiger partial charge < -0.3 is 10.2 Å². The molecule has 1 N–H and O–H groups in total. The van der Waals surface area contributed by atoms with Crippen LogP contribution in [0, 0.1) is 11.2 Å². The van der Waals surface area contributed by atoms with Crippen LogP contribution in [0.2, 0.25) is 0 Å². The summed E-state index contributed by atoms with van der Waals surface area (Å²) in [5.41, 5.74) is 2.02. The fourth-order valence-corrected chi connectivity index (χ4v) is 3.17. The summed E-state index contributed by atoms with van der Waals surface area (Å²) in [5.74, 6) is -0.824. The summed E-state index contributed by atoms with van der Waals surface area (Å²) >= 11 is 0. The SMILES string of the molecule is CC(C)(C(=O)NCc1ccc(F)cc1)C(=O)N1CCc2ccccc2C1. The van der Waals surface area contributed by atoms with Crippen molar-refractivity contribution in [2.75, 3.05) is 6.54 Å². The number of nitrogens with zero attached hydrogens (tertiary/aromatic N) is 1. The zero-order valence-corrected chi connectivity index (χ0v) is 15.1. The largest absolute Gasteiger partial charge is 0.351 e. The first-order valence-corrected chi connectivity index (χ1v) is 8.77. The van der Waals surface area contributed by atoms with Gasteiger partial charge in [-0.25, -0.2) is 4.39 Å². The smallest absolute Gasteiger partial charge is 0.238 e. The Bertz CT molecular complexity index is 815. The number of rotatable bonds is 4. The number of amides is 2. The van der Waals surface area contributed by atoms with Crippen LogP contribution in [-0.2, 0) is 29.1 Å². The van der Waals surface area contributed by atoms with Gasteiger partial charge in [0.15, 0.2) is 0 Å². The van der Waals surface area contributed by atoms with E-state index in [1.54, 1.807) is 30.9 Å². The minimum atomic E-state index is -1.16. The summed E-state index contributed by atoms with van der Waals surface area (Å²) in [7, 11) is 0. The van der Waals surface area contributed by atoms with Gasteiger partial charge in [-0.1, -0.05) is 36.4 Å². The molecule has 0 fully saturated rings. The number of benzene rings is 2. The maximum atomic E-state index is 13.0. The number of hydrogen-bond donors (Lipinski definition) is 1. The normalized spacial score (nSPS) is 13.9. The highest BCUT2D eigenvalue weighted by molar-refractivity contribution is 6.04. The minimum absolute atomic E-state index is 0.177. The van der Waals surface area contributed by atoms with Crippen LogP contribution in [0.1, 0.15) is 30.5 Å². The van der Waals surface area contributed by atoms with E-state index in [1.165, 1.54) is 17.7 Å². The summed E-state index contributed by atoms with van der Waals surface area (Å²) in [4.78, 5) is 27.3. The zero-order chi connectivity index (χ0) is 18.7.